The van der Waals surface area contributed by atoms with E-state index >= 15 is 0 Å². The highest BCUT2D eigenvalue weighted by Crippen LogP contribution is 2.20. The molecule has 2 atom stereocenters. The first-order chi connectivity index (χ1) is 6.81. The highest BCUT2D eigenvalue weighted by Gasteiger charge is 2.23. The lowest BCUT2D eigenvalue weighted by molar-refractivity contribution is 0.0834. The first kappa shape index (κ1) is 12.0. The summed E-state index contributed by atoms with van der Waals surface area (Å²) in [6.07, 6.45) is 4.68. The summed E-state index contributed by atoms with van der Waals surface area (Å²) in [4.78, 5) is 2.51. The molecule has 2 unspecified atom stereocenters. The van der Waals surface area contributed by atoms with Crippen molar-refractivity contribution in [2.75, 3.05) is 26.2 Å². The van der Waals surface area contributed by atoms with Gasteiger partial charge >= 0.3 is 0 Å². The van der Waals surface area contributed by atoms with Gasteiger partial charge in [-0.2, -0.15) is 0 Å². The molecule has 3 N–H and O–H groups in total. The van der Waals surface area contributed by atoms with Crippen molar-refractivity contribution in [3.05, 3.63) is 0 Å². The maximum Gasteiger partial charge on any atom is 0.0471 e. The molecule has 1 aliphatic heterocycles. The van der Waals surface area contributed by atoms with E-state index < -0.39 is 0 Å². The largest absolute Gasteiger partial charge is 0.396 e. The SMILES string of the molecule is CCC(CCN)N1CCCC(CO)C1. The zero-order chi connectivity index (χ0) is 10.4. The van der Waals surface area contributed by atoms with Crippen LogP contribution in [0.25, 0.3) is 0 Å². The molecule has 0 aromatic carbocycles. The van der Waals surface area contributed by atoms with Crippen molar-refractivity contribution in [3.8, 4) is 0 Å². The second-order valence-electron chi connectivity index (χ2n) is 4.33. The van der Waals surface area contributed by atoms with Crippen LogP contribution < -0.4 is 5.73 Å². The molecule has 0 aromatic rings. The third-order valence-electron chi connectivity index (χ3n) is 3.30. The Morgan fingerprint density at radius 2 is 2.36 bits per heavy atom. The molecule has 0 saturated carbocycles. The van der Waals surface area contributed by atoms with Gasteiger partial charge < -0.3 is 10.8 Å². The lowest BCUT2D eigenvalue weighted by Gasteiger charge is -2.37. The Kier molecular flexibility index (Phi) is 5.45. The quantitative estimate of drug-likeness (QED) is 0.691. The molecule has 1 heterocycles. The number of aliphatic hydroxyl groups excluding tert-OH is 1. The molecule has 0 aromatic heterocycles. The van der Waals surface area contributed by atoms with Gasteiger partial charge in [0.1, 0.15) is 0 Å². The van der Waals surface area contributed by atoms with Gasteiger partial charge in [0.25, 0.3) is 0 Å². The molecule has 0 radical (unpaired) electrons. The van der Waals surface area contributed by atoms with Crippen molar-refractivity contribution in [2.45, 2.75) is 38.6 Å². The topological polar surface area (TPSA) is 49.5 Å². The third-order valence-corrected chi connectivity index (χ3v) is 3.30. The van der Waals surface area contributed by atoms with Crippen LogP contribution in [0.2, 0.25) is 0 Å². The molecule has 1 aliphatic rings. The van der Waals surface area contributed by atoms with E-state index in [9.17, 15) is 0 Å². The van der Waals surface area contributed by atoms with E-state index in [2.05, 4.69) is 11.8 Å². The van der Waals surface area contributed by atoms with Crippen LogP contribution in [-0.4, -0.2) is 42.3 Å². The summed E-state index contributed by atoms with van der Waals surface area (Å²) < 4.78 is 0. The zero-order valence-corrected chi connectivity index (χ0v) is 9.28. The molecule has 84 valence electrons. The van der Waals surface area contributed by atoms with E-state index in [1.165, 1.54) is 25.8 Å². The second kappa shape index (κ2) is 6.38. The number of piperidine rings is 1. The van der Waals surface area contributed by atoms with Crippen LogP contribution in [0.5, 0.6) is 0 Å². The van der Waals surface area contributed by atoms with Crippen LogP contribution in [-0.2, 0) is 0 Å². The molecule has 1 saturated heterocycles. The molecule has 14 heavy (non-hydrogen) atoms. The van der Waals surface area contributed by atoms with Crippen molar-refractivity contribution in [1.29, 1.82) is 0 Å². The van der Waals surface area contributed by atoms with E-state index in [-0.39, 0.29) is 0 Å². The summed E-state index contributed by atoms with van der Waals surface area (Å²) in [6, 6.07) is 0.634. The smallest absolute Gasteiger partial charge is 0.0471 e. The standard InChI is InChI=1S/C11H24N2O/c1-2-11(5-6-12)13-7-3-4-10(8-13)9-14/h10-11,14H,2-9,12H2,1H3. The highest BCUT2D eigenvalue weighted by molar-refractivity contribution is 4.78. The Morgan fingerprint density at radius 1 is 1.57 bits per heavy atom. The predicted molar refractivity (Wildman–Crippen MR) is 59.1 cm³/mol. The van der Waals surface area contributed by atoms with Gasteiger partial charge in [-0.15, -0.1) is 0 Å². The lowest BCUT2D eigenvalue weighted by Crippen LogP contribution is -2.44. The number of nitrogens with two attached hydrogens (primary N) is 1. The maximum absolute atomic E-state index is 9.14. The van der Waals surface area contributed by atoms with Crippen molar-refractivity contribution < 1.29 is 5.11 Å². The normalized spacial score (nSPS) is 26.4. The van der Waals surface area contributed by atoms with Gasteiger partial charge in [-0.05, 0) is 44.7 Å². The minimum atomic E-state index is 0.343. The van der Waals surface area contributed by atoms with E-state index in [1.54, 1.807) is 0 Å². The second-order valence-corrected chi connectivity index (χ2v) is 4.33. The van der Waals surface area contributed by atoms with Gasteiger partial charge in [-0.3, -0.25) is 4.90 Å². The Labute approximate surface area is 87.3 Å². The summed E-state index contributed by atoms with van der Waals surface area (Å²) in [5.74, 6) is 0.496. The van der Waals surface area contributed by atoms with Gasteiger partial charge in [0, 0.05) is 19.2 Å². The Morgan fingerprint density at radius 3 is 2.93 bits per heavy atom. The number of nitrogens with zero attached hydrogens (tertiary/aromatic N) is 1. The monoisotopic (exact) mass is 200 g/mol. The molecule has 0 aliphatic carbocycles. The van der Waals surface area contributed by atoms with Crippen LogP contribution in [0.1, 0.15) is 32.6 Å². The third kappa shape index (κ3) is 3.23. The predicted octanol–water partition coefficient (Wildman–Crippen LogP) is 0.818. The first-order valence-corrected chi connectivity index (χ1v) is 5.86. The Hall–Kier alpha value is -0.120. The minimum absolute atomic E-state index is 0.343. The molecule has 1 rings (SSSR count). The summed E-state index contributed by atoms with van der Waals surface area (Å²) in [5, 5.41) is 9.14. The van der Waals surface area contributed by atoms with Crippen molar-refractivity contribution in [2.24, 2.45) is 11.7 Å². The van der Waals surface area contributed by atoms with Crippen LogP contribution in [0.3, 0.4) is 0 Å². The van der Waals surface area contributed by atoms with Crippen LogP contribution in [0, 0.1) is 5.92 Å². The fraction of sp³-hybridized carbons (Fsp3) is 1.00. The molecule has 1 fully saturated rings. The molecular weight excluding hydrogens is 176 g/mol. The molecular formula is C11H24N2O. The highest BCUT2D eigenvalue weighted by atomic mass is 16.3. The molecule has 0 spiro atoms. The Bertz CT molecular complexity index is 152. The number of likely N-dealkylation sites (tertiary alicyclic amines) is 1. The molecule has 0 amide bonds. The average molecular weight is 200 g/mol. The number of aliphatic hydroxyl groups is 1. The molecule has 3 nitrogen and oxygen atoms in total. The summed E-state index contributed by atoms with van der Waals surface area (Å²) >= 11 is 0. The van der Waals surface area contributed by atoms with Gasteiger partial charge in [0.15, 0.2) is 0 Å². The lowest BCUT2D eigenvalue weighted by atomic mass is 9.96. The van der Waals surface area contributed by atoms with Crippen molar-refractivity contribution >= 4 is 0 Å². The van der Waals surface area contributed by atoms with Crippen LogP contribution in [0.4, 0.5) is 0 Å². The molecule has 0 bridgehead atoms. The minimum Gasteiger partial charge on any atom is -0.396 e. The van der Waals surface area contributed by atoms with Crippen LogP contribution in [0.15, 0.2) is 0 Å². The van der Waals surface area contributed by atoms with Crippen LogP contribution >= 0.6 is 0 Å². The summed E-state index contributed by atoms with van der Waals surface area (Å²) in [6.45, 7) is 5.60. The summed E-state index contributed by atoms with van der Waals surface area (Å²) in [7, 11) is 0. The number of rotatable bonds is 5. The van der Waals surface area contributed by atoms with E-state index in [0.717, 1.165) is 19.5 Å². The average Bonchev–Trinajstić information content (AvgIpc) is 2.26. The van der Waals surface area contributed by atoms with Gasteiger partial charge in [0.2, 0.25) is 0 Å². The maximum atomic E-state index is 9.14. The fourth-order valence-corrected chi connectivity index (χ4v) is 2.42. The van der Waals surface area contributed by atoms with Gasteiger partial charge in [-0.25, -0.2) is 0 Å². The van der Waals surface area contributed by atoms with Crippen molar-refractivity contribution in [3.63, 3.8) is 0 Å². The van der Waals surface area contributed by atoms with Crippen molar-refractivity contribution in [1.82, 2.24) is 4.90 Å². The van der Waals surface area contributed by atoms with Gasteiger partial charge in [0.05, 0.1) is 0 Å². The number of hydrogen-bond donors (Lipinski definition) is 2. The zero-order valence-electron chi connectivity index (χ0n) is 9.28. The molecule has 3 heteroatoms. The van der Waals surface area contributed by atoms with E-state index in [0.29, 0.717) is 18.6 Å². The number of hydrogen-bond acceptors (Lipinski definition) is 3. The summed E-state index contributed by atoms with van der Waals surface area (Å²) in [5.41, 5.74) is 5.60. The first-order valence-electron chi connectivity index (χ1n) is 5.86. The van der Waals surface area contributed by atoms with E-state index in [1.807, 2.05) is 0 Å². The Balaban J connectivity index is 2.40. The van der Waals surface area contributed by atoms with Gasteiger partial charge in [-0.1, -0.05) is 6.92 Å². The van der Waals surface area contributed by atoms with E-state index in [4.69, 9.17) is 10.8 Å². The fourth-order valence-electron chi connectivity index (χ4n) is 2.42.